The van der Waals surface area contributed by atoms with E-state index in [9.17, 15) is 4.79 Å². The summed E-state index contributed by atoms with van der Waals surface area (Å²) in [5.41, 5.74) is 5.54. The van der Waals surface area contributed by atoms with Crippen molar-refractivity contribution in [1.82, 2.24) is 14.8 Å². The molecule has 0 aromatic carbocycles. The summed E-state index contributed by atoms with van der Waals surface area (Å²) in [4.78, 5) is 15.2. The summed E-state index contributed by atoms with van der Waals surface area (Å²) >= 11 is 0. The second-order valence-electron chi connectivity index (χ2n) is 2.92. The Morgan fingerprint density at radius 1 is 1.69 bits per heavy atom. The average molecular weight is 222 g/mol. The van der Waals surface area contributed by atoms with Crippen LogP contribution in [-0.2, 0) is 4.74 Å². The molecule has 0 fully saturated rings. The average Bonchev–Trinajstić information content (AvgIpc) is 2.85. The molecule has 7 heteroatoms. The molecule has 0 aliphatic carbocycles. The van der Waals surface area contributed by atoms with Crippen molar-refractivity contribution < 1.29 is 13.9 Å². The maximum Gasteiger partial charge on any atom is 0.360 e. The van der Waals surface area contributed by atoms with Crippen LogP contribution in [0.3, 0.4) is 0 Å². The summed E-state index contributed by atoms with van der Waals surface area (Å²) in [6, 6.07) is 1.76. The summed E-state index contributed by atoms with van der Waals surface area (Å²) in [6.45, 7) is 2.00. The SMILES string of the molecule is CCOC(=O)c1coc(-n2ccc(N)n2)n1. The van der Waals surface area contributed by atoms with Crippen LogP contribution in [0.5, 0.6) is 0 Å². The topological polar surface area (TPSA) is 96.2 Å². The smallest absolute Gasteiger partial charge is 0.360 e. The van der Waals surface area contributed by atoms with Crippen LogP contribution in [-0.4, -0.2) is 27.3 Å². The van der Waals surface area contributed by atoms with E-state index >= 15 is 0 Å². The van der Waals surface area contributed by atoms with E-state index in [2.05, 4.69) is 10.1 Å². The Morgan fingerprint density at radius 3 is 3.12 bits per heavy atom. The summed E-state index contributed by atoms with van der Waals surface area (Å²) in [5, 5.41) is 3.89. The van der Waals surface area contributed by atoms with Gasteiger partial charge in [0, 0.05) is 12.3 Å². The number of carbonyl (C=O) groups is 1. The van der Waals surface area contributed by atoms with Gasteiger partial charge in [-0.1, -0.05) is 0 Å². The van der Waals surface area contributed by atoms with Crippen molar-refractivity contribution in [3.63, 3.8) is 0 Å². The predicted octanol–water partition coefficient (Wildman–Crippen LogP) is 0.619. The van der Waals surface area contributed by atoms with E-state index in [0.717, 1.165) is 0 Å². The number of nitrogen functional groups attached to an aromatic ring is 1. The van der Waals surface area contributed by atoms with E-state index in [1.54, 1.807) is 19.2 Å². The second-order valence-corrected chi connectivity index (χ2v) is 2.92. The number of oxazole rings is 1. The number of hydrogen-bond donors (Lipinski definition) is 1. The Bertz CT molecular complexity index is 502. The molecule has 2 aromatic heterocycles. The van der Waals surface area contributed by atoms with Crippen LogP contribution in [0.2, 0.25) is 0 Å². The summed E-state index contributed by atoms with van der Waals surface area (Å²) in [6.07, 6.45) is 2.79. The van der Waals surface area contributed by atoms with Crippen LogP contribution < -0.4 is 5.73 Å². The van der Waals surface area contributed by atoms with Crippen LogP contribution in [0.25, 0.3) is 6.01 Å². The number of aromatic nitrogens is 3. The Kier molecular flexibility index (Phi) is 2.59. The van der Waals surface area contributed by atoms with Crippen molar-refractivity contribution in [2.24, 2.45) is 0 Å². The first-order valence-corrected chi connectivity index (χ1v) is 4.65. The fraction of sp³-hybridized carbons (Fsp3) is 0.222. The molecule has 2 heterocycles. The lowest BCUT2D eigenvalue weighted by atomic mass is 10.5. The third kappa shape index (κ3) is 1.88. The van der Waals surface area contributed by atoms with Gasteiger partial charge in [0.2, 0.25) is 0 Å². The molecular weight excluding hydrogens is 212 g/mol. The number of nitrogens with two attached hydrogens (primary N) is 1. The van der Waals surface area contributed by atoms with Gasteiger partial charge in [0.25, 0.3) is 0 Å². The number of nitrogens with zero attached hydrogens (tertiary/aromatic N) is 3. The molecule has 16 heavy (non-hydrogen) atoms. The standard InChI is InChI=1S/C9H10N4O3/c1-2-15-8(14)6-5-16-9(11-6)13-4-3-7(10)12-13/h3-5H,2H2,1H3,(H2,10,12). The van der Waals surface area contributed by atoms with Crippen molar-refractivity contribution in [3.05, 3.63) is 24.2 Å². The van der Waals surface area contributed by atoms with E-state index in [1.807, 2.05) is 0 Å². The minimum Gasteiger partial charge on any atom is -0.461 e. The van der Waals surface area contributed by atoms with Gasteiger partial charge in [-0.3, -0.25) is 0 Å². The van der Waals surface area contributed by atoms with Crippen LogP contribution in [0, 0.1) is 0 Å². The highest BCUT2D eigenvalue weighted by atomic mass is 16.5. The minimum atomic E-state index is -0.530. The normalized spacial score (nSPS) is 10.3. The van der Waals surface area contributed by atoms with Crippen molar-refractivity contribution in [1.29, 1.82) is 0 Å². The van der Waals surface area contributed by atoms with Crippen LogP contribution >= 0.6 is 0 Å². The van der Waals surface area contributed by atoms with Gasteiger partial charge < -0.3 is 14.9 Å². The molecule has 0 aliphatic rings. The van der Waals surface area contributed by atoms with Crippen molar-refractivity contribution >= 4 is 11.8 Å². The maximum absolute atomic E-state index is 11.3. The predicted molar refractivity (Wildman–Crippen MR) is 54.0 cm³/mol. The van der Waals surface area contributed by atoms with Gasteiger partial charge in [-0.25, -0.2) is 4.79 Å². The van der Waals surface area contributed by atoms with Crippen molar-refractivity contribution in [2.45, 2.75) is 6.92 Å². The molecule has 0 amide bonds. The molecule has 2 rings (SSSR count). The Labute approximate surface area is 90.8 Å². The van der Waals surface area contributed by atoms with Gasteiger partial charge in [0.1, 0.15) is 12.1 Å². The monoisotopic (exact) mass is 222 g/mol. The highest BCUT2D eigenvalue weighted by Gasteiger charge is 2.14. The summed E-state index contributed by atoms with van der Waals surface area (Å²) in [5.74, 6) is -0.187. The third-order valence-corrected chi connectivity index (χ3v) is 1.78. The molecule has 0 unspecified atom stereocenters. The summed E-state index contributed by atoms with van der Waals surface area (Å²) in [7, 11) is 0. The number of esters is 1. The maximum atomic E-state index is 11.3. The fourth-order valence-electron chi connectivity index (χ4n) is 1.11. The Balaban J connectivity index is 2.22. The van der Waals surface area contributed by atoms with Crippen LogP contribution in [0.1, 0.15) is 17.4 Å². The summed E-state index contributed by atoms with van der Waals surface area (Å²) < 4.78 is 11.2. The zero-order valence-corrected chi connectivity index (χ0v) is 8.58. The Morgan fingerprint density at radius 2 is 2.50 bits per heavy atom. The second kappa shape index (κ2) is 4.05. The van der Waals surface area contributed by atoms with Gasteiger partial charge in [-0.15, -0.1) is 5.10 Å². The number of hydrogen-bond acceptors (Lipinski definition) is 6. The van der Waals surface area contributed by atoms with Gasteiger partial charge in [0.15, 0.2) is 5.69 Å². The lowest BCUT2D eigenvalue weighted by Gasteiger charge is -1.95. The molecule has 0 saturated carbocycles. The number of ether oxygens (including phenoxy) is 1. The molecule has 0 bridgehead atoms. The van der Waals surface area contributed by atoms with E-state index in [4.69, 9.17) is 14.9 Å². The molecule has 2 aromatic rings. The quantitative estimate of drug-likeness (QED) is 0.764. The molecular formula is C9H10N4O3. The van der Waals surface area contributed by atoms with Gasteiger partial charge in [-0.05, 0) is 6.92 Å². The lowest BCUT2D eigenvalue weighted by molar-refractivity contribution is 0.0519. The van der Waals surface area contributed by atoms with E-state index < -0.39 is 5.97 Å². The first-order valence-electron chi connectivity index (χ1n) is 4.65. The molecule has 2 N–H and O–H groups in total. The van der Waals surface area contributed by atoms with E-state index in [-0.39, 0.29) is 18.3 Å². The molecule has 0 aliphatic heterocycles. The first-order chi connectivity index (χ1) is 7.70. The van der Waals surface area contributed by atoms with E-state index in [1.165, 1.54) is 10.9 Å². The third-order valence-electron chi connectivity index (χ3n) is 1.78. The Hall–Kier alpha value is -2.31. The van der Waals surface area contributed by atoms with Crippen LogP contribution in [0.4, 0.5) is 5.82 Å². The number of carbonyl (C=O) groups excluding carboxylic acids is 1. The van der Waals surface area contributed by atoms with Crippen LogP contribution in [0.15, 0.2) is 22.9 Å². The lowest BCUT2D eigenvalue weighted by Crippen LogP contribution is -2.05. The molecule has 0 spiro atoms. The van der Waals surface area contributed by atoms with Gasteiger partial charge in [0.05, 0.1) is 6.61 Å². The molecule has 0 radical (unpaired) electrons. The zero-order valence-electron chi connectivity index (χ0n) is 8.58. The first kappa shape index (κ1) is 10.2. The molecule has 0 atom stereocenters. The highest BCUT2D eigenvalue weighted by molar-refractivity contribution is 5.86. The van der Waals surface area contributed by atoms with Gasteiger partial charge >= 0.3 is 12.0 Å². The number of anilines is 1. The largest absolute Gasteiger partial charge is 0.461 e. The van der Waals surface area contributed by atoms with Gasteiger partial charge in [-0.2, -0.15) is 9.67 Å². The van der Waals surface area contributed by atoms with Crippen molar-refractivity contribution in [3.8, 4) is 6.01 Å². The molecule has 84 valence electrons. The highest BCUT2D eigenvalue weighted by Crippen LogP contribution is 2.09. The van der Waals surface area contributed by atoms with E-state index in [0.29, 0.717) is 5.82 Å². The zero-order chi connectivity index (χ0) is 11.5. The number of rotatable bonds is 3. The molecule has 0 saturated heterocycles. The minimum absolute atomic E-state index is 0.103. The molecule has 7 nitrogen and oxygen atoms in total. The van der Waals surface area contributed by atoms with Crippen molar-refractivity contribution in [2.75, 3.05) is 12.3 Å². The fourth-order valence-corrected chi connectivity index (χ4v) is 1.11.